The van der Waals surface area contributed by atoms with Crippen LogP contribution in [0.15, 0.2) is 34.1 Å². The maximum absolute atomic E-state index is 11.5. The van der Waals surface area contributed by atoms with Crippen LogP contribution in [-0.2, 0) is 6.54 Å². The Morgan fingerprint density at radius 1 is 1.33 bits per heavy atom. The second-order valence-corrected chi connectivity index (χ2v) is 3.44. The molecule has 2 aromatic heterocycles. The highest BCUT2D eigenvalue weighted by Crippen LogP contribution is 1.97. The highest BCUT2D eigenvalue weighted by Gasteiger charge is 2.05. The molecular weight excluding hydrogens is 218 g/mol. The fraction of sp³-hybridized carbons (Fsp3) is 0.111. The molecule has 2 N–H and O–H groups in total. The molecule has 6 heteroatoms. The molecule has 0 aliphatic heterocycles. The van der Waals surface area contributed by atoms with Gasteiger partial charge in [-0.05, 0) is 12.1 Å². The summed E-state index contributed by atoms with van der Waals surface area (Å²) in [6.07, 6.45) is 2.91. The van der Waals surface area contributed by atoms with Gasteiger partial charge >= 0.3 is 5.69 Å². The number of rotatable bonds is 2. The summed E-state index contributed by atoms with van der Waals surface area (Å²) in [5.41, 5.74) is -0.195. The summed E-state index contributed by atoms with van der Waals surface area (Å²) in [6, 6.07) is 3.58. The molecule has 0 aromatic carbocycles. The SMILES string of the molecule is O=c1[nH]cc(Cl)c(=O)n1Cc1ccc[nH]1. The highest BCUT2D eigenvalue weighted by atomic mass is 35.5. The van der Waals surface area contributed by atoms with E-state index in [2.05, 4.69) is 9.97 Å². The number of aromatic amines is 2. The standard InChI is InChI=1S/C9H8ClN3O2/c10-7-4-12-9(15)13(8(7)14)5-6-2-1-3-11-6/h1-4,11H,5H2,(H,12,15). The lowest BCUT2D eigenvalue weighted by atomic mass is 10.4. The van der Waals surface area contributed by atoms with Crippen molar-refractivity contribution in [2.45, 2.75) is 6.54 Å². The Labute approximate surface area is 89.3 Å². The van der Waals surface area contributed by atoms with Crippen molar-refractivity contribution in [3.63, 3.8) is 0 Å². The van der Waals surface area contributed by atoms with Gasteiger partial charge in [-0.2, -0.15) is 0 Å². The molecule has 0 saturated carbocycles. The van der Waals surface area contributed by atoms with Crippen molar-refractivity contribution < 1.29 is 0 Å². The number of hydrogen-bond acceptors (Lipinski definition) is 2. The molecule has 0 radical (unpaired) electrons. The van der Waals surface area contributed by atoms with Gasteiger partial charge in [0.1, 0.15) is 5.02 Å². The Morgan fingerprint density at radius 3 is 2.80 bits per heavy atom. The van der Waals surface area contributed by atoms with Crippen molar-refractivity contribution in [2.24, 2.45) is 0 Å². The first kappa shape index (κ1) is 9.79. The average Bonchev–Trinajstić information content (AvgIpc) is 2.71. The molecule has 5 nitrogen and oxygen atoms in total. The monoisotopic (exact) mass is 225 g/mol. The molecule has 15 heavy (non-hydrogen) atoms. The predicted octanol–water partition coefficient (Wildman–Crippen LogP) is 0.566. The molecule has 2 rings (SSSR count). The summed E-state index contributed by atoms with van der Waals surface area (Å²) >= 11 is 5.61. The van der Waals surface area contributed by atoms with Crippen LogP contribution in [0.1, 0.15) is 5.69 Å². The average molecular weight is 226 g/mol. The molecule has 0 aliphatic carbocycles. The van der Waals surface area contributed by atoms with E-state index in [4.69, 9.17) is 11.6 Å². The van der Waals surface area contributed by atoms with Crippen LogP contribution >= 0.6 is 11.6 Å². The van der Waals surface area contributed by atoms with Gasteiger partial charge in [0.15, 0.2) is 0 Å². The second-order valence-electron chi connectivity index (χ2n) is 3.03. The maximum atomic E-state index is 11.5. The van der Waals surface area contributed by atoms with Gasteiger partial charge in [0, 0.05) is 18.1 Å². The number of aromatic nitrogens is 3. The minimum absolute atomic E-state index is 0.00107. The van der Waals surface area contributed by atoms with Gasteiger partial charge in [-0.1, -0.05) is 11.6 Å². The van der Waals surface area contributed by atoms with E-state index in [1.807, 2.05) is 0 Å². The van der Waals surface area contributed by atoms with E-state index < -0.39 is 11.2 Å². The van der Waals surface area contributed by atoms with E-state index in [1.165, 1.54) is 6.20 Å². The minimum atomic E-state index is -0.491. The Bertz CT molecular complexity index is 568. The minimum Gasteiger partial charge on any atom is -0.364 e. The molecule has 0 bridgehead atoms. The largest absolute Gasteiger partial charge is 0.364 e. The summed E-state index contributed by atoms with van der Waals surface area (Å²) < 4.78 is 1.04. The zero-order chi connectivity index (χ0) is 10.8. The van der Waals surface area contributed by atoms with Gasteiger partial charge in [0.2, 0.25) is 0 Å². The van der Waals surface area contributed by atoms with Crippen molar-refractivity contribution >= 4 is 11.6 Å². The van der Waals surface area contributed by atoms with Crippen molar-refractivity contribution in [1.29, 1.82) is 0 Å². The topological polar surface area (TPSA) is 70.7 Å². The van der Waals surface area contributed by atoms with E-state index in [1.54, 1.807) is 18.3 Å². The fourth-order valence-electron chi connectivity index (χ4n) is 1.27. The molecule has 0 unspecified atom stereocenters. The lowest BCUT2D eigenvalue weighted by Crippen LogP contribution is -2.35. The summed E-state index contributed by atoms with van der Waals surface area (Å²) in [6.45, 7) is 0.182. The second kappa shape index (κ2) is 3.78. The molecule has 2 aromatic rings. The first-order chi connectivity index (χ1) is 7.18. The van der Waals surface area contributed by atoms with Crippen molar-refractivity contribution in [2.75, 3.05) is 0 Å². The molecule has 0 spiro atoms. The van der Waals surface area contributed by atoms with E-state index in [-0.39, 0.29) is 11.6 Å². The third kappa shape index (κ3) is 1.87. The van der Waals surface area contributed by atoms with Crippen LogP contribution < -0.4 is 11.2 Å². The molecular formula is C9H8ClN3O2. The van der Waals surface area contributed by atoms with Crippen LogP contribution in [0.4, 0.5) is 0 Å². The first-order valence-electron chi connectivity index (χ1n) is 4.29. The quantitative estimate of drug-likeness (QED) is 0.784. The summed E-state index contributed by atoms with van der Waals surface area (Å²) in [7, 11) is 0. The van der Waals surface area contributed by atoms with Crippen LogP contribution in [-0.4, -0.2) is 14.5 Å². The Balaban J connectivity index is 2.49. The molecule has 0 amide bonds. The molecule has 2 heterocycles. The molecule has 0 saturated heterocycles. The van der Waals surface area contributed by atoms with Gasteiger partial charge in [-0.15, -0.1) is 0 Å². The fourth-order valence-corrected chi connectivity index (χ4v) is 1.42. The van der Waals surface area contributed by atoms with Crippen molar-refractivity contribution in [1.82, 2.24) is 14.5 Å². The van der Waals surface area contributed by atoms with Crippen molar-refractivity contribution in [3.8, 4) is 0 Å². The maximum Gasteiger partial charge on any atom is 0.328 e. The van der Waals surface area contributed by atoms with Crippen LogP contribution in [0.5, 0.6) is 0 Å². The first-order valence-corrected chi connectivity index (χ1v) is 4.66. The number of nitrogens with zero attached hydrogens (tertiary/aromatic N) is 1. The van der Waals surface area contributed by atoms with Gasteiger partial charge in [-0.25, -0.2) is 4.79 Å². The molecule has 0 atom stereocenters. The Kier molecular flexibility index (Phi) is 2.47. The normalized spacial score (nSPS) is 10.5. The molecule has 0 fully saturated rings. The van der Waals surface area contributed by atoms with E-state index >= 15 is 0 Å². The third-order valence-corrected chi connectivity index (χ3v) is 2.28. The van der Waals surface area contributed by atoms with Gasteiger partial charge < -0.3 is 9.97 Å². The zero-order valence-electron chi connectivity index (χ0n) is 7.66. The Morgan fingerprint density at radius 2 is 2.13 bits per heavy atom. The lowest BCUT2D eigenvalue weighted by molar-refractivity contribution is 0.688. The van der Waals surface area contributed by atoms with Gasteiger partial charge in [-0.3, -0.25) is 9.36 Å². The zero-order valence-corrected chi connectivity index (χ0v) is 8.41. The van der Waals surface area contributed by atoms with Crippen LogP contribution in [0.3, 0.4) is 0 Å². The lowest BCUT2D eigenvalue weighted by Gasteiger charge is -2.02. The summed E-state index contributed by atoms with van der Waals surface area (Å²) in [4.78, 5) is 28.2. The van der Waals surface area contributed by atoms with Crippen LogP contribution in [0.25, 0.3) is 0 Å². The molecule has 78 valence electrons. The Hall–Kier alpha value is -1.75. The van der Waals surface area contributed by atoms with Crippen molar-refractivity contribution in [3.05, 3.63) is 56.1 Å². The summed E-state index contributed by atoms with van der Waals surface area (Å²) in [5.74, 6) is 0. The summed E-state index contributed by atoms with van der Waals surface area (Å²) in [5, 5.41) is 0.00107. The van der Waals surface area contributed by atoms with Gasteiger partial charge in [0.05, 0.1) is 6.54 Å². The van der Waals surface area contributed by atoms with Gasteiger partial charge in [0.25, 0.3) is 5.56 Å². The third-order valence-electron chi connectivity index (χ3n) is 2.01. The van der Waals surface area contributed by atoms with E-state index in [0.717, 1.165) is 10.3 Å². The van der Waals surface area contributed by atoms with Crippen LogP contribution in [0, 0.1) is 0 Å². The van der Waals surface area contributed by atoms with Crippen LogP contribution in [0.2, 0.25) is 5.02 Å². The number of halogens is 1. The highest BCUT2D eigenvalue weighted by molar-refractivity contribution is 6.30. The van der Waals surface area contributed by atoms with E-state index in [9.17, 15) is 9.59 Å². The molecule has 0 aliphatic rings. The smallest absolute Gasteiger partial charge is 0.328 e. The predicted molar refractivity (Wildman–Crippen MR) is 56.2 cm³/mol. The van der Waals surface area contributed by atoms with E-state index in [0.29, 0.717) is 0 Å². The number of H-pyrrole nitrogens is 2. The number of hydrogen-bond donors (Lipinski definition) is 2. The number of nitrogens with one attached hydrogen (secondary N) is 2.